The molecule has 0 aliphatic heterocycles. The zero-order chi connectivity index (χ0) is 10.8. The van der Waals surface area contributed by atoms with Gasteiger partial charge in [-0.05, 0) is 41.4 Å². The lowest BCUT2D eigenvalue weighted by Gasteiger charge is -1.99. The molecule has 0 radical (unpaired) electrons. The van der Waals surface area contributed by atoms with E-state index in [0.717, 1.165) is 10.2 Å². The maximum absolute atomic E-state index is 11.4. The van der Waals surface area contributed by atoms with Crippen molar-refractivity contribution in [1.29, 1.82) is 0 Å². The van der Waals surface area contributed by atoms with Crippen molar-refractivity contribution in [2.45, 2.75) is 22.8 Å². The monoisotopic (exact) mass is 306 g/mol. The van der Waals surface area contributed by atoms with E-state index in [-0.39, 0.29) is 11.9 Å². The Kier molecular flexibility index (Phi) is 3.74. The molecular weight excluding hydrogens is 296 g/mol. The van der Waals surface area contributed by atoms with Gasteiger partial charge >= 0.3 is 5.97 Å². The van der Waals surface area contributed by atoms with Gasteiger partial charge < -0.3 is 4.74 Å². The fourth-order valence-electron chi connectivity index (χ4n) is 1.31. The molecule has 1 aromatic rings. The van der Waals surface area contributed by atoms with Crippen LogP contribution < -0.4 is 0 Å². The predicted octanol–water partition coefficient (Wildman–Crippen LogP) is 3.55. The van der Waals surface area contributed by atoms with Crippen LogP contribution in [0, 0.1) is 5.92 Å². The Morgan fingerprint density at radius 3 is 3.13 bits per heavy atom. The average molecular weight is 307 g/mol. The topological polar surface area (TPSA) is 26.3 Å². The highest BCUT2D eigenvalue weighted by Gasteiger charge is 2.45. The van der Waals surface area contributed by atoms with Gasteiger partial charge in [-0.15, -0.1) is 23.1 Å². The van der Waals surface area contributed by atoms with Gasteiger partial charge in [-0.1, -0.05) is 0 Å². The number of hydrogen-bond donors (Lipinski definition) is 0. The van der Waals surface area contributed by atoms with Crippen LogP contribution in [0.4, 0.5) is 0 Å². The molecule has 15 heavy (non-hydrogen) atoms. The first kappa shape index (κ1) is 11.5. The lowest BCUT2D eigenvalue weighted by atomic mass is 10.4. The number of thiophene rings is 1. The molecule has 1 saturated carbocycles. The van der Waals surface area contributed by atoms with Gasteiger partial charge in [0, 0.05) is 5.25 Å². The average Bonchev–Trinajstić information content (AvgIpc) is 2.83. The molecule has 1 aliphatic carbocycles. The summed E-state index contributed by atoms with van der Waals surface area (Å²) in [6.45, 7) is 2.33. The second kappa shape index (κ2) is 4.89. The second-order valence-corrected chi connectivity index (χ2v) is 7.31. The van der Waals surface area contributed by atoms with Gasteiger partial charge in [-0.25, -0.2) is 0 Å². The Bertz CT molecular complexity index is 364. The third kappa shape index (κ3) is 2.98. The molecule has 2 nitrogen and oxygen atoms in total. The minimum atomic E-state index is -0.0365. The molecule has 0 N–H and O–H groups in total. The largest absolute Gasteiger partial charge is 0.466 e. The first-order valence-electron chi connectivity index (χ1n) is 4.79. The Morgan fingerprint density at radius 2 is 2.53 bits per heavy atom. The number of rotatable bonds is 4. The van der Waals surface area contributed by atoms with Gasteiger partial charge in [0.1, 0.15) is 0 Å². The van der Waals surface area contributed by atoms with Crippen molar-refractivity contribution in [3.05, 3.63) is 15.9 Å². The molecule has 1 heterocycles. The van der Waals surface area contributed by atoms with Gasteiger partial charge in [-0.2, -0.15) is 0 Å². The van der Waals surface area contributed by atoms with Crippen LogP contribution in [0.15, 0.2) is 20.1 Å². The first-order chi connectivity index (χ1) is 7.20. The van der Waals surface area contributed by atoms with Crippen molar-refractivity contribution in [2.75, 3.05) is 6.61 Å². The molecule has 1 fully saturated rings. The zero-order valence-corrected chi connectivity index (χ0v) is 11.5. The van der Waals surface area contributed by atoms with Crippen molar-refractivity contribution >= 4 is 45.0 Å². The van der Waals surface area contributed by atoms with Gasteiger partial charge in [0.25, 0.3) is 0 Å². The van der Waals surface area contributed by atoms with E-state index >= 15 is 0 Å². The van der Waals surface area contributed by atoms with Crippen LogP contribution in [-0.4, -0.2) is 17.8 Å². The van der Waals surface area contributed by atoms with Gasteiger partial charge in [0.2, 0.25) is 0 Å². The number of carbonyl (C=O) groups is 1. The molecule has 1 aromatic heterocycles. The summed E-state index contributed by atoms with van der Waals surface area (Å²) in [5.74, 6) is 0.0847. The van der Waals surface area contributed by atoms with E-state index in [2.05, 4.69) is 22.0 Å². The summed E-state index contributed by atoms with van der Waals surface area (Å²) < 4.78 is 7.38. The SMILES string of the molecule is CCOC(=O)C1CC1Sc1ccc(Br)s1. The Hall–Kier alpha value is -0.0000000000000000833. The van der Waals surface area contributed by atoms with E-state index in [1.807, 2.05) is 13.0 Å². The summed E-state index contributed by atoms with van der Waals surface area (Å²) >= 11 is 6.92. The Morgan fingerprint density at radius 1 is 1.73 bits per heavy atom. The fraction of sp³-hybridized carbons (Fsp3) is 0.500. The van der Waals surface area contributed by atoms with Crippen LogP contribution in [0.1, 0.15) is 13.3 Å². The number of ether oxygens (including phenoxy) is 1. The summed E-state index contributed by atoms with van der Waals surface area (Å²) in [6.07, 6.45) is 0.957. The van der Waals surface area contributed by atoms with Crippen molar-refractivity contribution in [2.24, 2.45) is 5.92 Å². The molecule has 82 valence electrons. The summed E-state index contributed by atoms with van der Waals surface area (Å²) in [4.78, 5) is 11.4. The summed E-state index contributed by atoms with van der Waals surface area (Å²) in [6, 6.07) is 4.12. The number of hydrogen-bond acceptors (Lipinski definition) is 4. The summed E-state index contributed by atoms with van der Waals surface area (Å²) in [5, 5.41) is 0.426. The highest BCUT2D eigenvalue weighted by Crippen LogP contribution is 2.47. The van der Waals surface area contributed by atoms with Crippen LogP contribution in [0.25, 0.3) is 0 Å². The summed E-state index contributed by atoms with van der Waals surface area (Å²) in [7, 11) is 0. The quantitative estimate of drug-likeness (QED) is 0.796. The van der Waals surface area contributed by atoms with Crippen molar-refractivity contribution < 1.29 is 9.53 Å². The van der Waals surface area contributed by atoms with Crippen LogP contribution in [-0.2, 0) is 9.53 Å². The molecule has 0 saturated heterocycles. The van der Waals surface area contributed by atoms with Gasteiger partial charge in [0.05, 0.1) is 20.5 Å². The molecule has 1 aliphatic rings. The fourth-order valence-corrected chi connectivity index (χ4v) is 4.61. The minimum absolute atomic E-state index is 0.0365. The van der Waals surface area contributed by atoms with E-state index in [1.54, 1.807) is 23.1 Å². The maximum atomic E-state index is 11.4. The van der Waals surface area contributed by atoms with Crippen LogP contribution in [0.5, 0.6) is 0 Å². The standard InChI is InChI=1S/C10H11BrO2S2/c1-2-13-10(12)6-5-7(6)14-9-4-3-8(11)15-9/h3-4,6-7H,2,5H2,1H3. The van der Waals surface area contributed by atoms with Crippen molar-refractivity contribution in [1.82, 2.24) is 0 Å². The third-order valence-corrected chi connectivity index (χ3v) is 5.29. The number of esters is 1. The van der Waals surface area contributed by atoms with Gasteiger partial charge in [0.15, 0.2) is 0 Å². The van der Waals surface area contributed by atoms with E-state index in [4.69, 9.17) is 4.74 Å². The minimum Gasteiger partial charge on any atom is -0.466 e. The number of thioether (sulfide) groups is 1. The second-order valence-electron chi connectivity index (χ2n) is 3.31. The zero-order valence-electron chi connectivity index (χ0n) is 8.23. The molecule has 0 spiro atoms. The van der Waals surface area contributed by atoms with Crippen LogP contribution in [0.2, 0.25) is 0 Å². The van der Waals surface area contributed by atoms with E-state index in [0.29, 0.717) is 11.9 Å². The predicted molar refractivity (Wildman–Crippen MR) is 66.4 cm³/mol. The molecule has 5 heteroatoms. The maximum Gasteiger partial charge on any atom is 0.310 e. The molecule has 2 unspecified atom stereocenters. The highest BCUT2D eigenvalue weighted by molar-refractivity contribution is 9.11. The van der Waals surface area contributed by atoms with E-state index in [1.165, 1.54) is 4.21 Å². The normalized spacial score (nSPS) is 23.9. The molecule has 2 atom stereocenters. The smallest absolute Gasteiger partial charge is 0.310 e. The van der Waals surface area contributed by atoms with Crippen LogP contribution in [0.3, 0.4) is 0 Å². The first-order valence-corrected chi connectivity index (χ1v) is 7.28. The van der Waals surface area contributed by atoms with E-state index < -0.39 is 0 Å². The molecule has 0 bridgehead atoms. The van der Waals surface area contributed by atoms with Crippen LogP contribution >= 0.6 is 39.0 Å². The molecule has 2 rings (SSSR count). The van der Waals surface area contributed by atoms with E-state index in [9.17, 15) is 4.79 Å². The summed E-state index contributed by atoms with van der Waals surface area (Å²) in [5.41, 5.74) is 0. The number of carbonyl (C=O) groups excluding carboxylic acids is 1. The van der Waals surface area contributed by atoms with Gasteiger partial charge in [-0.3, -0.25) is 4.79 Å². The van der Waals surface area contributed by atoms with Crippen molar-refractivity contribution in [3.63, 3.8) is 0 Å². The Labute approximate surface area is 106 Å². The number of halogens is 1. The third-order valence-electron chi connectivity index (χ3n) is 2.14. The van der Waals surface area contributed by atoms with Crippen molar-refractivity contribution in [3.8, 4) is 0 Å². The lowest BCUT2D eigenvalue weighted by molar-refractivity contribution is -0.144. The molecule has 0 amide bonds. The Balaban J connectivity index is 1.82. The highest BCUT2D eigenvalue weighted by atomic mass is 79.9. The molecular formula is C10H11BrO2S2. The lowest BCUT2D eigenvalue weighted by Crippen LogP contribution is -2.07. The molecule has 0 aromatic carbocycles.